The molecule has 0 radical (unpaired) electrons. The van der Waals surface area contributed by atoms with Gasteiger partial charge < -0.3 is 15.0 Å². The van der Waals surface area contributed by atoms with Crippen LogP contribution in [-0.4, -0.2) is 34.9 Å². The molecular weight excluding hydrogens is 547 g/mol. The van der Waals surface area contributed by atoms with E-state index in [1.165, 1.54) is 17.0 Å². The van der Waals surface area contributed by atoms with E-state index in [1.54, 1.807) is 30.3 Å². The summed E-state index contributed by atoms with van der Waals surface area (Å²) in [5, 5.41) is 3.35. The molecule has 5 nitrogen and oxygen atoms in total. The second kappa shape index (κ2) is 12.4. The van der Waals surface area contributed by atoms with Crippen molar-refractivity contribution in [3.63, 3.8) is 0 Å². The van der Waals surface area contributed by atoms with E-state index in [4.69, 9.17) is 16.3 Å². The van der Waals surface area contributed by atoms with Gasteiger partial charge in [-0.05, 0) is 62.2 Å². The summed E-state index contributed by atoms with van der Waals surface area (Å²) >= 11 is 9.60. The third-order valence-corrected chi connectivity index (χ3v) is 6.07. The molecule has 0 fully saturated rings. The molecule has 0 bridgehead atoms. The van der Waals surface area contributed by atoms with Gasteiger partial charge in [0, 0.05) is 23.0 Å². The number of hydrogen-bond acceptors (Lipinski definition) is 3. The number of nitrogens with one attached hydrogen (secondary N) is 1. The van der Waals surface area contributed by atoms with E-state index in [0.29, 0.717) is 22.8 Å². The van der Waals surface area contributed by atoms with Crippen LogP contribution in [0.25, 0.3) is 0 Å². The molecule has 190 valence electrons. The quantitative estimate of drug-likeness (QED) is 0.332. The highest BCUT2D eigenvalue weighted by atomic mass is 79.9. The molecule has 8 heteroatoms. The van der Waals surface area contributed by atoms with Gasteiger partial charge in [-0.25, -0.2) is 4.39 Å². The molecule has 3 aromatic carbocycles. The van der Waals surface area contributed by atoms with Crippen LogP contribution in [0.1, 0.15) is 31.9 Å². The average molecular weight is 576 g/mol. The number of nitrogens with zero attached hydrogens (tertiary/aromatic N) is 1. The van der Waals surface area contributed by atoms with Gasteiger partial charge in [-0.15, -0.1) is 0 Å². The van der Waals surface area contributed by atoms with Crippen molar-refractivity contribution in [3.8, 4) is 5.75 Å². The Morgan fingerprint density at radius 2 is 1.69 bits per heavy atom. The smallest absolute Gasteiger partial charge is 0.261 e. The zero-order valence-corrected chi connectivity index (χ0v) is 22.8. The Kier molecular flexibility index (Phi) is 9.51. The number of carbonyl (C=O) groups excluding carboxylic acids is 2. The van der Waals surface area contributed by atoms with Gasteiger partial charge in [-0.2, -0.15) is 0 Å². The fourth-order valence-electron chi connectivity index (χ4n) is 3.61. The molecule has 0 aromatic heterocycles. The Morgan fingerprint density at radius 3 is 2.31 bits per heavy atom. The van der Waals surface area contributed by atoms with Crippen LogP contribution in [0, 0.1) is 5.82 Å². The molecule has 0 saturated carbocycles. The largest absolute Gasteiger partial charge is 0.482 e. The molecule has 0 aliphatic heterocycles. The van der Waals surface area contributed by atoms with E-state index in [9.17, 15) is 14.0 Å². The topological polar surface area (TPSA) is 58.6 Å². The molecule has 0 aliphatic carbocycles. The van der Waals surface area contributed by atoms with Crippen LogP contribution in [-0.2, 0) is 22.6 Å². The van der Waals surface area contributed by atoms with E-state index in [2.05, 4.69) is 21.2 Å². The second-order valence-electron chi connectivity index (χ2n) is 9.46. The van der Waals surface area contributed by atoms with Crippen LogP contribution < -0.4 is 10.1 Å². The third kappa shape index (κ3) is 8.35. The minimum atomic E-state index is -0.826. The lowest BCUT2D eigenvalue weighted by Gasteiger charge is -2.33. The molecule has 3 aromatic rings. The van der Waals surface area contributed by atoms with Crippen LogP contribution in [0.2, 0.25) is 5.02 Å². The fourth-order valence-corrected chi connectivity index (χ4v) is 4.34. The van der Waals surface area contributed by atoms with Crippen LogP contribution in [0.5, 0.6) is 5.75 Å². The fraction of sp³-hybridized carbons (Fsp3) is 0.286. The molecule has 3 rings (SSSR count). The second-order valence-corrected chi connectivity index (χ2v) is 10.8. The number of carbonyl (C=O) groups is 2. The van der Waals surface area contributed by atoms with E-state index in [1.807, 2.05) is 51.1 Å². The van der Waals surface area contributed by atoms with Gasteiger partial charge in [0.15, 0.2) is 6.61 Å². The first-order valence-corrected chi connectivity index (χ1v) is 12.7. The molecular formula is C28H29BrClFN2O3. The number of ether oxygens (including phenoxy) is 1. The Hall–Kier alpha value is -2.90. The van der Waals surface area contributed by atoms with Gasteiger partial charge in [0.1, 0.15) is 17.6 Å². The Labute approximate surface area is 224 Å². The summed E-state index contributed by atoms with van der Waals surface area (Å²) in [5.41, 5.74) is 1.09. The van der Waals surface area contributed by atoms with Crippen molar-refractivity contribution in [2.24, 2.45) is 0 Å². The van der Waals surface area contributed by atoms with Crippen molar-refractivity contribution in [2.75, 3.05) is 6.61 Å². The van der Waals surface area contributed by atoms with Gasteiger partial charge in [0.05, 0.1) is 5.02 Å². The summed E-state index contributed by atoms with van der Waals surface area (Å²) in [6, 6.07) is 19.6. The van der Waals surface area contributed by atoms with Gasteiger partial charge in [0.25, 0.3) is 5.91 Å². The van der Waals surface area contributed by atoms with Gasteiger partial charge >= 0.3 is 0 Å². The summed E-state index contributed by atoms with van der Waals surface area (Å²) in [6.07, 6.45) is 0.300. The lowest BCUT2D eigenvalue weighted by molar-refractivity contribution is -0.143. The molecule has 0 spiro atoms. The number of amides is 2. The standard InChI is InChI=1S/C28H29BrClFN2O3/c1-28(2,3)32-27(35)24(15-19-7-5-4-6-8-19)33(17-20-9-12-22(31)13-10-20)26(34)18-36-25-14-11-21(29)16-23(25)30/h4-14,16,24H,15,17-18H2,1-3H3,(H,32,35)/t24-/m1/s1. The summed E-state index contributed by atoms with van der Waals surface area (Å²) in [4.78, 5) is 28.5. The first-order chi connectivity index (χ1) is 17.0. The molecule has 0 heterocycles. The van der Waals surface area contributed by atoms with Crippen molar-refractivity contribution in [3.05, 3.63) is 99.2 Å². The Morgan fingerprint density at radius 1 is 1.03 bits per heavy atom. The maximum absolute atomic E-state index is 13.6. The summed E-state index contributed by atoms with van der Waals surface area (Å²) in [5.74, 6) is -0.711. The van der Waals surface area contributed by atoms with Crippen molar-refractivity contribution in [1.82, 2.24) is 10.2 Å². The molecule has 1 atom stereocenters. The lowest BCUT2D eigenvalue weighted by atomic mass is 10.0. The van der Waals surface area contributed by atoms with E-state index >= 15 is 0 Å². The lowest BCUT2D eigenvalue weighted by Crippen LogP contribution is -2.55. The van der Waals surface area contributed by atoms with Crippen molar-refractivity contribution in [2.45, 2.75) is 45.3 Å². The predicted molar refractivity (Wildman–Crippen MR) is 143 cm³/mol. The van der Waals surface area contributed by atoms with Crippen LogP contribution >= 0.6 is 27.5 Å². The molecule has 2 amide bonds. The predicted octanol–water partition coefficient (Wildman–Crippen LogP) is 6.18. The van der Waals surface area contributed by atoms with Gasteiger partial charge in [0.2, 0.25) is 5.91 Å². The molecule has 0 aliphatic rings. The monoisotopic (exact) mass is 574 g/mol. The van der Waals surface area contributed by atoms with Gasteiger partial charge in [-0.1, -0.05) is 70.0 Å². The average Bonchev–Trinajstić information content (AvgIpc) is 2.81. The highest BCUT2D eigenvalue weighted by molar-refractivity contribution is 9.10. The molecule has 0 saturated heterocycles. The zero-order valence-electron chi connectivity index (χ0n) is 20.4. The number of rotatable bonds is 9. The van der Waals surface area contributed by atoms with E-state index in [0.717, 1.165) is 10.0 Å². The number of hydrogen-bond donors (Lipinski definition) is 1. The normalized spacial score (nSPS) is 12.1. The van der Waals surface area contributed by atoms with Crippen LogP contribution in [0.3, 0.4) is 0 Å². The maximum Gasteiger partial charge on any atom is 0.261 e. The number of halogens is 3. The minimum absolute atomic E-state index is 0.103. The van der Waals surface area contributed by atoms with Crippen LogP contribution in [0.4, 0.5) is 4.39 Å². The number of benzene rings is 3. The summed E-state index contributed by atoms with van der Waals surface area (Å²) < 4.78 is 20.1. The van der Waals surface area contributed by atoms with Gasteiger partial charge in [-0.3, -0.25) is 9.59 Å². The van der Waals surface area contributed by atoms with Crippen molar-refractivity contribution in [1.29, 1.82) is 0 Å². The van der Waals surface area contributed by atoms with E-state index < -0.39 is 17.5 Å². The first-order valence-electron chi connectivity index (χ1n) is 11.5. The molecule has 1 N–H and O–H groups in total. The Balaban J connectivity index is 1.93. The maximum atomic E-state index is 13.6. The summed E-state index contributed by atoms with van der Waals surface area (Å²) in [7, 11) is 0. The minimum Gasteiger partial charge on any atom is -0.482 e. The Bertz CT molecular complexity index is 1180. The van der Waals surface area contributed by atoms with Crippen molar-refractivity contribution >= 4 is 39.3 Å². The van der Waals surface area contributed by atoms with Crippen LogP contribution in [0.15, 0.2) is 77.3 Å². The third-order valence-electron chi connectivity index (χ3n) is 5.28. The summed E-state index contributed by atoms with van der Waals surface area (Å²) in [6.45, 7) is 5.43. The molecule has 36 heavy (non-hydrogen) atoms. The highest BCUT2D eigenvalue weighted by Crippen LogP contribution is 2.28. The molecule has 0 unspecified atom stereocenters. The first kappa shape index (κ1) is 27.7. The van der Waals surface area contributed by atoms with E-state index in [-0.39, 0.29) is 24.9 Å². The SMILES string of the molecule is CC(C)(C)NC(=O)[C@@H](Cc1ccccc1)N(Cc1ccc(F)cc1)C(=O)COc1ccc(Br)cc1Cl. The highest BCUT2D eigenvalue weighted by Gasteiger charge is 2.32. The zero-order chi connectivity index (χ0) is 26.3. The van der Waals surface area contributed by atoms with Crippen molar-refractivity contribution < 1.29 is 18.7 Å².